The van der Waals surface area contributed by atoms with Gasteiger partial charge in [0.1, 0.15) is 5.82 Å². The van der Waals surface area contributed by atoms with Gasteiger partial charge in [-0.2, -0.15) is 0 Å². The van der Waals surface area contributed by atoms with Crippen molar-refractivity contribution < 1.29 is 19.1 Å². The predicted molar refractivity (Wildman–Crippen MR) is 119 cm³/mol. The number of pyridine rings is 1. The van der Waals surface area contributed by atoms with Gasteiger partial charge in [0, 0.05) is 38.9 Å². The monoisotopic (exact) mass is 450 g/mol. The number of hydrogen-bond acceptors (Lipinski definition) is 6. The normalized spacial score (nSPS) is 24.6. The predicted octanol–water partition coefficient (Wildman–Crippen LogP) is 3.69. The first-order valence-electron chi connectivity index (χ1n) is 11.3. The lowest BCUT2D eigenvalue weighted by Crippen LogP contribution is -2.50. The van der Waals surface area contributed by atoms with Crippen molar-refractivity contribution in [1.29, 1.82) is 0 Å². The Labute approximate surface area is 188 Å². The molecule has 0 aliphatic carbocycles. The van der Waals surface area contributed by atoms with Crippen molar-refractivity contribution in [2.45, 2.75) is 51.5 Å². The highest BCUT2D eigenvalue weighted by Crippen LogP contribution is 2.43. The van der Waals surface area contributed by atoms with Gasteiger partial charge in [-0.1, -0.05) is 18.5 Å². The second kappa shape index (κ2) is 9.61. The van der Waals surface area contributed by atoms with Crippen LogP contribution in [-0.2, 0) is 14.3 Å². The van der Waals surface area contributed by atoms with E-state index in [1.165, 1.54) is 0 Å². The van der Waals surface area contributed by atoms with Gasteiger partial charge in [-0.15, -0.1) is 0 Å². The molecule has 3 aliphatic heterocycles. The molecule has 170 valence electrons. The summed E-state index contributed by atoms with van der Waals surface area (Å²) in [6, 6.07) is 1.99. The lowest BCUT2D eigenvalue weighted by molar-refractivity contribution is -0.139. The third kappa shape index (κ3) is 4.75. The number of hydrogen-bond donors (Lipinski definition) is 1. The molecule has 0 saturated carbocycles. The summed E-state index contributed by atoms with van der Waals surface area (Å²) in [4.78, 5) is 33.9. The van der Waals surface area contributed by atoms with Crippen molar-refractivity contribution in [3.8, 4) is 0 Å². The zero-order valence-electron chi connectivity index (χ0n) is 18.1. The van der Waals surface area contributed by atoms with Crippen LogP contribution >= 0.6 is 11.6 Å². The quantitative estimate of drug-likeness (QED) is 0.736. The third-order valence-corrected chi connectivity index (χ3v) is 6.84. The lowest BCUT2D eigenvalue weighted by atomic mass is 9.78. The van der Waals surface area contributed by atoms with E-state index in [4.69, 9.17) is 21.1 Å². The number of nitrogens with one attached hydrogen (secondary N) is 1. The third-order valence-electron chi connectivity index (χ3n) is 6.56. The van der Waals surface area contributed by atoms with Gasteiger partial charge in [-0.05, 0) is 44.6 Å². The summed E-state index contributed by atoms with van der Waals surface area (Å²) in [7, 11) is 0. The van der Waals surface area contributed by atoms with Gasteiger partial charge in [0.05, 0.1) is 28.9 Å². The highest BCUT2D eigenvalue weighted by molar-refractivity contribution is 6.33. The standard InChI is InChI=1S/C22H31ClN4O4/c1-2-10-31-21(29)25-16-13-18(23)19(24-14-16)26-8-3-6-22(15-26)7-9-27(20(22)28)17-4-11-30-12-5-17/h13-14,17H,2-12,15H2,1H3,(H,25,29)/t22-/m0/s1. The summed E-state index contributed by atoms with van der Waals surface area (Å²) in [5.41, 5.74) is 0.131. The Balaban J connectivity index is 1.44. The maximum absolute atomic E-state index is 13.4. The van der Waals surface area contributed by atoms with Gasteiger partial charge in [0.2, 0.25) is 5.91 Å². The Bertz CT molecular complexity index is 817. The minimum Gasteiger partial charge on any atom is -0.449 e. The Morgan fingerprint density at radius 2 is 2.16 bits per heavy atom. The molecule has 4 heterocycles. The summed E-state index contributed by atoms with van der Waals surface area (Å²) in [5.74, 6) is 0.933. The van der Waals surface area contributed by atoms with Crippen molar-refractivity contribution in [3.63, 3.8) is 0 Å². The second-order valence-electron chi connectivity index (χ2n) is 8.69. The molecular weight excluding hydrogens is 420 g/mol. The van der Waals surface area contributed by atoms with Crippen LogP contribution in [0.25, 0.3) is 0 Å². The molecule has 1 atom stereocenters. The molecule has 2 amide bonds. The van der Waals surface area contributed by atoms with Crippen LogP contribution in [0.1, 0.15) is 45.4 Å². The molecule has 8 nitrogen and oxygen atoms in total. The Morgan fingerprint density at radius 3 is 2.90 bits per heavy atom. The first-order valence-corrected chi connectivity index (χ1v) is 11.6. The summed E-state index contributed by atoms with van der Waals surface area (Å²) in [6.07, 6.45) is 6.38. The van der Waals surface area contributed by atoms with E-state index in [0.29, 0.717) is 35.7 Å². The van der Waals surface area contributed by atoms with Gasteiger partial charge in [0.15, 0.2) is 0 Å². The van der Waals surface area contributed by atoms with Gasteiger partial charge in [0.25, 0.3) is 0 Å². The van der Waals surface area contributed by atoms with E-state index in [2.05, 4.69) is 20.1 Å². The molecule has 4 rings (SSSR count). The van der Waals surface area contributed by atoms with Crippen LogP contribution in [0.2, 0.25) is 5.02 Å². The largest absolute Gasteiger partial charge is 0.449 e. The zero-order valence-corrected chi connectivity index (χ0v) is 18.8. The van der Waals surface area contributed by atoms with Crippen molar-refractivity contribution in [1.82, 2.24) is 9.88 Å². The van der Waals surface area contributed by atoms with E-state index >= 15 is 0 Å². The molecule has 1 N–H and O–H groups in total. The average molecular weight is 451 g/mol. The van der Waals surface area contributed by atoms with E-state index in [1.807, 2.05) is 6.92 Å². The molecule has 1 aromatic heterocycles. The van der Waals surface area contributed by atoms with Crippen LogP contribution in [0.5, 0.6) is 0 Å². The number of halogens is 1. The molecule has 0 radical (unpaired) electrons. The Morgan fingerprint density at radius 1 is 1.35 bits per heavy atom. The maximum atomic E-state index is 13.4. The van der Waals surface area contributed by atoms with Crippen LogP contribution in [-0.4, -0.2) is 67.4 Å². The van der Waals surface area contributed by atoms with Crippen molar-refractivity contribution in [2.24, 2.45) is 5.41 Å². The molecular formula is C22H31ClN4O4. The van der Waals surface area contributed by atoms with Crippen LogP contribution < -0.4 is 10.2 Å². The number of likely N-dealkylation sites (tertiary alicyclic amines) is 1. The molecule has 0 unspecified atom stereocenters. The number of amides is 2. The first-order chi connectivity index (χ1) is 15.0. The van der Waals surface area contributed by atoms with Gasteiger partial charge < -0.3 is 19.3 Å². The van der Waals surface area contributed by atoms with Crippen LogP contribution in [0.15, 0.2) is 12.3 Å². The number of piperidine rings is 1. The molecule has 3 saturated heterocycles. The van der Waals surface area contributed by atoms with Crippen LogP contribution in [0.4, 0.5) is 16.3 Å². The second-order valence-corrected chi connectivity index (χ2v) is 9.10. The lowest BCUT2D eigenvalue weighted by Gasteiger charge is -2.41. The van der Waals surface area contributed by atoms with E-state index in [1.54, 1.807) is 12.3 Å². The van der Waals surface area contributed by atoms with Gasteiger partial charge in [-0.3, -0.25) is 10.1 Å². The Hall–Kier alpha value is -2.06. The van der Waals surface area contributed by atoms with Gasteiger partial charge >= 0.3 is 6.09 Å². The SMILES string of the molecule is CCCOC(=O)Nc1cnc(N2CCC[C@]3(CCN(C4CCOCC4)C3=O)C2)c(Cl)c1. The van der Waals surface area contributed by atoms with Crippen molar-refractivity contribution >= 4 is 35.1 Å². The fourth-order valence-corrected chi connectivity index (χ4v) is 5.25. The summed E-state index contributed by atoms with van der Waals surface area (Å²) in [5, 5.41) is 3.10. The average Bonchev–Trinajstić information content (AvgIpc) is 3.08. The molecule has 3 fully saturated rings. The fraction of sp³-hybridized carbons (Fsp3) is 0.682. The number of nitrogens with zero attached hydrogens (tertiary/aromatic N) is 3. The van der Waals surface area contributed by atoms with E-state index in [9.17, 15) is 9.59 Å². The zero-order chi connectivity index (χ0) is 21.8. The van der Waals surface area contributed by atoms with Crippen molar-refractivity contribution in [2.75, 3.05) is 49.7 Å². The van der Waals surface area contributed by atoms with E-state index in [-0.39, 0.29) is 11.3 Å². The molecule has 3 aliphatic rings. The maximum Gasteiger partial charge on any atom is 0.411 e. The first kappa shape index (κ1) is 22.1. The highest BCUT2D eigenvalue weighted by atomic mass is 35.5. The van der Waals surface area contributed by atoms with E-state index < -0.39 is 6.09 Å². The van der Waals surface area contributed by atoms with Crippen LogP contribution in [0, 0.1) is 5.41 Å². The summed E-state index contributed by atoms with van der Waals surface area (Å²) >= 11 is 6.53. The van der Waals surface area contributed by atoms with Crippen molar-refractivity contribution in [3.05, 3.63) is 17.3 Å². The number of carbonyl (C=O) groups is 2. The number of aromatic nitrogens is 1. The number of rotatable bonds is 5. The summed E-state index contributed by atoms with van der Waals surface area (Å²) in [6.45, 7) is 6.03. The number of anilines is 2. The number of carbonyl (C=O) groups excluding carboxylic acids is 2. The smallest absolute Gasteiger partial charge is 0.411 e. The number of ether oxygens (including phenoxy) is 2. The Kier molecular flexibility index (Phi) is 6.86. The van der Waals surface area contributed by atoms with E-state index in [0.717, 1.165) is 64.8 Å². The molecule has 1 aromatic rings. The summed E-state index contributed by atoms with van der Waals surface area (Å²) < 4.78 is 10.5. The van der Waals surface area contributed by atoms with Crippen LogP contribution in [0.3, 0.4) is 0 Å². The topological polar surface area (TPSA) is 84.0 Å². The molecule has 9 heteroatoms. The molecule has 31 heavy (non-hydrogen) atoms. The fourth-order valence-electron chi connectivity index (χ4n) is 4.96. The molecule has 1 spiro atoms. The highest BCUT2D eigenvalue weighted by Gasteiger charge is 2.50. The minimum atomic E-state index is -0.519. The van der Waals surface area contributed by atoms with Gasteiger partial charge in [-0.25, -0.2) is 9.78 Å². The molecule has 0 bridgehead atoms. The minimum absolute atomic E-state index is 0.275. The molecule has 0 aromatic carbocycles.